The number of benzene rings is 1. The molecule has 1 aromatic carbocycles. The number of phenolic OH excluding ortho intramolecular Hbond substituents is 2. The summed E-state index contributed by atoms with van der Waals surface area (Å²) in [4.78, 5) is 2.04. The van der Waals surface area contributed by atoms with Crippen molar-refractivity contribution >= 4 is 34.8 Å². The Morgan fingerprint density at radius 3 is 2.05 bits per heavy atom. The summed E-state index contributed by atoms with van der Waals surface area (Å²) in [6.07, 6.45) is 0. The number of hydrogen-bond donors (Lipinski definition) is 2. The SMILES string of the molecule is C[C@@H](Cl)CN(Cc1cc(Cl)c(O)cc1O)C[C@@H](C)Cl. The molecule has 2 N–H and O–H groups in total. The molecule has 0 saturated heterocycles. The predicted molar refractivity (Wildman–Crippen MR) is 80.7 cm³/mol. The van der Waals surface area contributed by atoms with Gasteiger partial charge in [0.2, 0.25) is 0 Å². The first-order valence-corrected chi connectivity index (χ1v) is 7.25. The minimum absolute atomic E-state index is 0.0105. The Hall–Kier alpha value is -0.350. The molecular formula is C13H18Cl3NO2. The van der Waals surface area contributed by atoms with Gasteiger partial charge in [-0.2, -0.15) is 0 Å². The van der Waals surface area contributed by atoms with Crippen LogP contribution in [-0.2, 0) is 6.54 Å². The van der Waals surface area contributed by atoms with E-state index >= 15 is 0 Å². The highest BCUT2D eigenvalue weighted by Crippen LogP contribution is 2.31. The van der Waals surface area contributed by atoms with Crippen molar-refractivity contribution in [3.8, 4) is 11.5 Å². The third-order valence-corrected chi connectivity index (χ3v) is 3.14. The van der Waals surface area contributed by atoms with Gasteiger partial charge in [-0.1, -0.05) is 11.6 Å². The number of halogens is 3. The molecule has 0 aliphatic heterocycles. The number of aromatic hydroxyl groups is 2. The van der Waals surface area contributed by atoms with Crippen LogP contribution in [0, 0.1) is 0 Å². The molecule has 0 aliphatic carbocycles. The first kappa shape index (κ1) is 16.7. The van der Waals surface area contributed by atoms with E-state index in [1.54, 1.807) is 6.07 Å². The molecule has 1 rings (SSSR count). The van der Waals surface area contributed by atoms with Gasteiger partial charge in [-0.25, -0.2) is 0 Å². The number of nitrogens with zero attached hydrogens (tertiary/aromatic N) is 1. The quantitative estimate of drug-likeness (QED) is 0.781. The van der Waals surface area contributed by atoms with Crippen LogP contribution in [0.5, 0.6) is 11.5 Å². The fourth-order valence-corrected chi connectivity index (χ4v) is 2.45. The van der Waals surface area contributed by atoms with E-state index in [1.165, 1.54) is 6.07 Å². The van der Waals surface area contributed by atoms with Crippen molar-refractivity contribution in [3.05, 3.63) is 22.7 Å². The Morgan fingerprint density at radius 1 is 1.05 bits per heavy atom. The van der Waals surface area contributed by atoms with Crippen LogP contribution in [0.15, 0.2) is 12.1 Å². The Labute approximate surface area is 128 Å². The highest BCUT2D eigenvalue weighted by Gasteiger charge is 2.15. The largest absolute Gasteiger partial charge is 0.507 e. The number of rotatable bonds is 6. The summed E-state index contributed by atoms with van der Waals surface area (Å²) in [5, 5.41) is 19.4. The van der Waals surface area contributed by atoms with E-state index in [4.69, 9.17) is 34.8 Å². The molecule has 0 aliphatic rings. The summed E-state index contributed by atoms with van der Waals surface area (Å²) < 4.78 is 0. The molecule has 108 valence electrons. The lowest BCUT2D eigenvalue weighted by molar-refractivity contribution is 0.266. The zero-order valence-corrected chi connectivity index (χ0v) is 13.2. The predicted octanol–water partition coefficient (Wildman–Crippen LogP) is 3.81. The molecule has 19 heavy (non-hydrogen) atoms. The van der Waals surface area contributed by atoms with Gasteiger partial charge in [-0.15, -0.1) is 23.2 Å². The smallest absolute Gasteiger partial charge is 0.137 e. The summed E-state index contributed by atoms with van der Waals surface area (Å²) in [5.74, 6) is -0.123. The van der Waals surface area contributed by atoms with Gasteiger partial charge in [0, 0.05) is 42.0 Å². The summed E-state index contributed by atoms with van der Waals surface area (Å²) in [5.41, 5.74) is 0.637. The van der Waals surface area contributed by atoms with Crippen molar-refractivity contribution in [2.75, 3.05) is 13.1 Å². The van der Waals surface area contributed by atoms with Crippen molar-refractivity contribution in [2.24, 2.45) is 0 Å². The van der Waals surface area contributed by atoms with Crippen molar-refractivity contribution in [3.63, 3.8) is 0 Å². The normalized spacial score (nSPS) is 14.6. The minimum Gasteiger partial charge on any atom is -0.507 e. The van der Waals surface area contributed by atoms with E-state index < -0.39 is 0 Å². The molecule has 0 radical (unpaired) electrons. The molecule has 0 amide bonds. The van der Waals surface area contributed by atoms with Gasteiger partial charge < -0.3 is 10.2 Å². The van der Waals surface area contributed by atoms with E-state index in [0.717, 1.165) is 0 Å². The van der Waals surface area contributed by atoms with Crippen molar-refractivity contribution in [1.82, 2.24) is 4.90 Å². The summed E-state index contributed by atoms with van der Waals surface area (Å²) >= 11 is 17.9. The molecule has 2 atom stereocenters. The van der Waals surface area contributed by atoms with Gasteiger partial charge in [0.25, 0.3) is 0 Å². The van der Waals surface area contributed by atoms with Gasteiger partial charge in [0.1, 0.15) is 11.5 Å². The van der Waals surface area contributed by atoms with Crippen molar-refractivity contribution < 1.29 is 10.2 Å². The second kappa shape index (κ2) is 7.44. The van der Waals surface area contributed by atoms with Crippen molar-refractivity contribution in [2.45, 2.75) is 31.1 Å². The van der Waals surface area contributed by atoms with Crippen LogP contribution >= 0.6 is 34.8 Å². The number of hydrogen-bond acceptors (Lipinski definition) is 3. The standard InChI is InChI=1S/C13H18Cl3NO2/c1-8(14)5-17(6-9(2)15)7-10-3-11(16)13(19)4-12(10)18/h3-4,8-9,18-19H,5-7H2,1-2H3/t8-,9-/m1/s1. The van der Waals surface area contributed by atoms with Gasteiger partial charge in [-0.3, -0.25) is 4.90 Å². The molecule has 0 heterocycles. The van der Waals surface area contributed by atoms with Gasteiger partial charge >= 0.3 is 0 Å². The lowest BCUT2D eigenvalue weighted by Gasteiger charge is -2.25. The summed E-state index contributed by atoms with van der Waals surface area (Å²) in [7, 11) is 0. The lowest BCUT2D eigenvalue weighted by atomic mass is 10.1. The minimum atomic E-state index is -0.133. The van der Waals surface area contributed by atoms with Crippen LogP contribution < -0.4 is 0 Å². The van der Waals surface area contributed by atoms with Gasteiger partial charge in [-0.05, 0) is 19.9 Å². The van der Waals surface area contributed by atoms with Gasteiger partial charge in [0.15, 0.2) is 0 Å². The third-order valence-electron chi connectivity index (χ3n) is 2.56. The van der Waals surface area contributed by atoms with Crippen LogP contribution in [-0.4, -0.2) is 39.0 Å². The van der Waals surface area contributed by atoms with E-state index in [9.17, 15) is 10.2 Å². The maximum absolute atomic E-state index is 9.82. The van der Waals surface area contributed by atoms with E-state index in [1.807, 2.05) is 18.7 Å². The van der Waals surface area contributed by atoms with Crippen LogP contribution in [0.4, 0.5) is 0 Å². The fourth-order valence-electron chi connectivity index (χ4n) is 1.87. The first-order chi connectivity index (χ1) is 8.79. The average Bonchev–Trinajstić information content (AvgIpc) is 2.23. The van der Waals surface area contributed by atoms with E-state index in [0.29, 0.717) is 25.2 Å². The average molecular weight is 327 g/mol. The second-order valence-corrected chi connectivity index (χ2v) is 6.59. The Balaban J connectivity index is 2.86. The topological polar surface area (TPSA) is 43.7 Å². The van der Waals surface area contributed by atoms with Crippen LogP contribution in [0.2, 0.25) is 5.02 Å². The molecule has 6 heteroatoms. The van der Waals surface area contributed by atoms with E-state index in [-0.39, 0.29) is 27.3 Å². The maximum atomic E-state index is 9.82. The molecule has 0 spiro atoms. The van der Waals surface area contributed by atoms with E-state index in [2.05, 4.69) is 0 Å². The molecular weight excluding hydrogens is 309 g/mol. The van der Waals surface area contributed by atoms with Crippen molar-refractivity contribution in [1.29, 1.82) is 0 Å². The first-order valence-electron chi connectivity index (χ1n) is 6.00. The van der Waals surface area contributed by atoms with Crippen LogP contribution in [0.25, 0.3) is 0 Å². The zero-order chi connectivity index (χ0) is 14.6. The molecule has 0 unspecified atom stereocenters. The third kappa shape index (κ3) is 5.65. The maximum Gasteiger partial charge on any atom is 0.137 e. The molecule has 0 fully saturated rings. The van der Waals surface area contributed by atoms with Crippen LogP contribution in [0.3, 0.4) is 0 Å². The molecule has 1 aromatic rings. The number of phenols is 2. The molecule has 0 bridgehead atoms. The highest BCUT2D eigenvalue weighted by atomic mass is 35.5. The Kier molecular flexibility index (Phi) is 6.54. The van der Waals surface area contributed by atoms with Crippen LogP contribution in [0.1, 0.15) is 19.4 Å². The molecule has 0 saturated carbocycles. The lowest BCUT2D eigenvalue weighted by Crippen LogP contribution is -2.33. The van der Waals surface area contributed by atoms with Gasteiger partial charge in [0.05, 0.1) is 5.02 Å². The molecule has 0 aromatic heterocycles. The Bertz CT molecular complexity index is 415. The number of alkyl halides is 2. The summed E-state index contributed by atoms with van der Waals surface area (Å²) in [6, 6.07) is 2.79. The fraction of sp³-hybridized carbons (Fsp3) is 0.538. The Morgan fingerprint density at radius 2 is 1.58 bits per heavy atom. The second-order valence-electron chi connectivity index (χ2n) is 4.69. The highest BCUT2D eigenvalue weighted by molar-refractivity contribution is 6.32. The monoisotopic (exact) mass is 325 g/mol. The zero-order valence-electron chi connectivity index (χ0n) is 10.9. The molecule has 3 nitrogen and oxygen atoms in total. The summed E-state index contributed by atoms with van der Waals surface area (Å²) in [6.45, 7) is 5.57.